The summed E-state index contributed by atoms with van der Waals surface area (Å²) in [6.45, 7) is 8.14. The molecule has 0 bridgehead atoms. The third kappa shape index (κ3) is 24.8. The number of aliphatic carboxylic acids is 1. The lowest BCUT2D eigenvalue weighted by molar-refractivity contribution is -0.143. The number of carbonyl (C=O) groups excluding carboxylic acids is 9. The molecule has 2 aromatic carbocycles. The van der Waals surface area contributed by atoms with Crippen molar-refractivity contribution in [1.82, 2.24) is 47.9 Å². The molecule has 0 saturated carbocycles. The van der Waals surface area contributed by atoms with Crippen molar-refractivity contribution >= 4 is 65.3 Å². The van der Waals surface area contributed by atoms with Crippen molar-refractivity contribution in [2.45, 2.75) is 147 Å². The number of hydrogen-bond donors (Lipinski definition) is 17. The first-order valence-corrected chi connectivity index (χ1v) is 26.6. The molecule has 0 heterocycles. The summed E-state index contributed by atoms with van der Waals surface area (Å²) in [6.07, 6.45) is -4.40. The van der Waals surface area contributed by atoms with Crippen LogP contribution < -0.4 is 65.1 Å². The largest absolute Gasteiger partial charge is 0.480 e. The zero-order valence-electron chi connectivity index (χ0n) is 47.1. The van der Waals surface area contributed by atoms with Crippen molar-refractivity contribution in [1.29, 1.82) is 0 Å². The standard InChI is InChI=1S/C53H83N13O16/c1-27(2)21-34(62-50(78)42(43(71)29(5)6)65-49(77)41(39(54)32-17-12-9-13-18-32)66-53(81)82-26-31-15-10-8-11-16-31)45(73)60-33(19-14-20-57-52(55)56)44(72)61-35(22-28(3)4)46(74)64-40(30(7)69)48(76)58-23-38(70)59-36(24-67)47(75)63-37(25-68)51(79)80/h8-13,15-18,27-30,33-37,39-43,67-69,71H,14,19-26,54H2,1-7H3,(H,58,76)(H,59,70)(H,60,73)(H,61,72)(H,62,78)(H,63,75)(H,64,74)(H,65,77)(H,66,81)(H,79,80)(H4,55,56,57)/t30-,33+,34-,35-,36-,37-,39+,40-,41-,42-,43+/m0/s1. The van der Waals surface area contributed by atoms with Crippen LogP contribution in [0.15, 0.2) is 65.7 Å². The smallest absolute Gasteiger partial charge is 0.408 e. The van der Waals surface area contributed by atoms with Crippen molar-refractivity contribution in [3.63, 3.8) is 0 Å². The van der Waals surface area contributed by atoms with E-state index in [1.54, 1.807) is 102 Å². The minimum Gasteiger partial charge on any atom is -0.480 e. The molecule has 456 valence electrons. The van der Waals surface area contributed by atoms with E-state index in [4.69, 9.17) is 27.0 Å². The molecule has 0 aromatic heterocycles. The van der Waals surface area contributed by atoms with Gasteiger partial charge in [0, 0.05) is 6.54 Å². The van der Waals surface area contributed by atoms with Gasteiger partial charge in [-0.1, -0.05) is 102 Å². The lowest BCUT2D eigenvalue weighted by Crippen LogP contribution is -2.63. The van der Waals surface area contributed by atoms with E-state index in [9.17, 15) is 68.4 Å². The van der Waals surface area contributed by atoms with Crippen molar-refractivity contribution in [3.8, 4) is 0 Å². The van der Waals surface area contributed by atoms with Crippen LogP contribution in [0.1, 0.15) is 91.3 Å². The summed E-state index contributed by atoms with van der Waals surface area (Å²) in [7, 11) is 0. The Labute approximate surface area is 475 Å². The molecule has 29 nitrogen and oxygen atoms in total. The Hall–Kier alpha value is -7.99. The van der Waals surface area contributed by atoms with Gasteiger partial charge in [-0.3, -0.25) is 43.3 Å². The van der Waals surface area contributed by atoms with Gasteiger partial charge in [-0.15, -0.1) is 0 Å². The summed E-state index contributed by atoms with van der Waals surface area (Å²) in [5, 5.41) is 71.3. The highest BCUT2D eigenvalue weighted by Crippen LogP contribution is 2.17. The van der Waals surface area contributed by atoms with Crippen LogP contribution in [-0.4, -0.2) is 178 Å². The highest BCUT2D eigenvalue weighted by Gasteiger charge is 2.39. The van der Waals surface area contributed by atoms with E-state index in [1.807, 2.05) is 5.32 Å². The van der Waals surface area contributed by atoms with E-state index in [1.165, 1.54) is 0 Å². The molecule has 0 unspecified atom stereocenters. The molecule has 0 aliphatic heterocycles. The first kappa shape index (κ1) is 70.1. The Morgan fingerprint density at radius 2 is 1.04 bits per heavy atom. The number of amides is 9. The van der Waals surface area contributed by atoms with E-state index in [0.717, 1.165) is 6.92 Å². The van der Waals surface area contributed by atoms with E-state index >= 15 is 0 Å². The normalized spacial score (nSPS) is 15.2. The summed E-state index contributed by atoms with van der Waals surface area (Å²) in [5.41, 5.74) is 18.7. The van der Waals surface area contributed by atoms with Crippen LogP contribution in [0.25, 0.3) is 0 Å². The number of rotatable bonds is 35. The second-order valence-electron chi connectivity index (χ2n) is 20.6. The fourth-order valence-corrected chi connectivity index (χ4v) is 7.83. The van der Waals surface area contributed by atoms with Crippen molar-refractivity contribution in [2.75, 3.05) is 26.3 Å². The third-order valence-electron chi connectivity index (χ3n) is 12.3. The molecule has 9 amide bonds. The highest BCUT2D eigenvalue weighted by atomic mass is 16.5. The third-order valence-corrected chi connectivity index (χ3v) is 12.3. The monoisotopic (exact) mass is 1160 g/mol. The van der Waals surface area contributed by atoms with Gasteiger partial charge in [0.25, 0.3) is 0 Å². The van der Waals surface area contributed by atoms with Gasteiger partial charge in [-0.2, -0.15) is 0 Å². The van der Waals surface area contributed by atoms with Gasteiger partial charge in [-0.05, 0) is 61.5 Å². The minimum absolute atomic E-state index is 0.0149. The van der Waals surface area contributed by atoms with Crippen LogP contribution in [0, 0.1) is 17.8 Å². The van der Waals surface area contributed by atoms with Crippen molar-refractivity contribution in [2.24, 2.45) is 39.9 Å². The van der Waals surface area contributed by atoms with Gasteiger partial charge < -0.3 is 95.3 Å². The molecule has 0 aliphatic carbocycles. The summed E-state index contributed by atoms with van der Waals surface area (Å²) in [4.78, 5) is 138. The molecular formula is C53H83N13O16. The number of nitrogens with one attached hydrogen (secondary N) is 9. The fraction of sp³-hybridized carbons (Fsp3) is 0.566. The number of carboxylic acids is 1. The van der Waals surface area contributed by atoms with Crippen LogP contribution in [0.4, 0.5) is 4.79 Å². The maximum atomic E-state index is 14.4. The predicted octanol–water partition coefficient (Wildman–Crippen LogP) is -3.90. The Kier molecular flexibility index (Phi) is 30.5. The summed E-state index contributed by atoms with van der Waals surface area (Å²) < 4.78 is 5.38. The molecule has 0 saturated heterocycles. The molecule has 11 atom stereocenters. The lowest BCUT2D eigenvalue weighted by atomic mass is 9.95. The molecule has 0 aliphatic rings. The molecule has 0 spiro atoms. The van der Waals surface area contributed by atoms with E-state index in [2.05, 4.69) is 47.5 Å². The second kappa shape index (κ2) is 35.7. The zero-order valence-corrected chi connectivity index (χ0v) is 47.1. The minimum atomic E-state index is -1.76. The first-order valence-electron chi connectivity index (χ1n) is 26.6. The highest BCUT2D eigenvalue weighted by molar-refractivity contribution is 5.98. The Morgan fingerprint density at radius 3 is 1.55 bits per heavy atom. The van der Waals surface area contributed by atoms with Crippen LogP contribution in [0.2, 0.25) is 0 Å². The fourth-order valence-electron chi connectivity index (χ4n) is 7.83. The number of ether oxygens (including phenoxy) is 1. The SMILES string of the molecule is CC(C)C[C@H](NC(=O)[C@@H](NC(=O)[C@@H](NC(=O)OCc1ccccc1)[C@H](N)c1ccccc1)[C@H](O)C(C)C)C(=O)N[C@H](CCCN=C(N)N)C(=O)N[C@@H](CC(C)C)C(=O)N[C@H](C(=O)NCC(=O)N[C@@H](CO)C(=O)N[C@@H](CO)C(=O)O)[C@H](C)O. The maximum absolute atomic E-state index is 14.4. The number of nitrogens with zero attached hydrogens (tertiary/aromatic N) is 1. The number of carboxylic acid groups (broad SMARTS) is 1. The second-order valence-corrected chi connectivity index (χ2v) is 20.6. The van der Waals surface area contributed by atoms with E-state index in [0.29, 0.717) is 11.1 Å². The molecular weight excluding hydrogens is 1070 g/mol. The van der Waals surface area contributed by atoms with Crippen LogP contribution >= 0.6 is 0 Å². The molecule has 2 rings (SSSR count). The molecule has 20 N–H and O–H groups in total. The Bertz CT molecular complexity index is 2450. The van der Waals surface area contributed by atoms with Crippen molar-refractivity contribution in [3.05, 3.63) is 71.8 Å². The van der Waals surface area contributed by atoms with E-state index in [-0.39, 0.29) is 56.6 Å². The molecule has 29 heteroatoms. The molecule has 0 radical (unpaired) electrons. The number of hydrogen-bond acceptors (Lipinski definition) is 17. The maximum Gasteiger partial charge on any atom is 0.408 e. The summed E-state index contributed by atoms with van der Waals surface area (Å²) >= 11 is 0. The van der Waals surface area contributed by atoms with Gasteiger partial charge in [0.2, 0.25) is 47.3 Å². The summed E-state index contributed by atoms with van der Waals surface area (Å²) in [6, 6.07) is 2.91. The number of carbonyl (C=O) groups is 10. The van der Waals surface area contributed by atoms with Gasteiger partial charge in [-0.25, -0.2) is 9.59 Å². The number of aliphatic imine (C=N–C) groups is 1. The number of aliphatic hydroxyl groups is 4. The number of alkyl carbamates (subject to hydrolysis) is 1. The number of nitrogens with two attached hydrogens (primary N) is 3. The van der Waals surface area contributed by atoms with Crippen LogP contribution in [-0.2, 0) is 54.5 Å². The molecule has 0 fully saturated rings. The predicted molar refractivity (Wildman–Crippen MR) is 297 cm³/mol. The number of aliphatic hydroxyl groups excluding tert-OH is 4. The van der Waals surface area contributed by atoms with Gasteiger partial charge in [0.15, 0.2) is 5.96 Å². The van der Waals surface area contributed by atoms with Crippen molar-refractivity contribution < 1.29 is 78.2 Å². The Balaban J connectivity index is 2.41. The number of benzene rings is 2. The van der Waals surface area contributed by atoms with Crippen LogP contribution in [0.3, 0.4) is 0 Å². The summed E-state index contributed by atoms with van der Waals surface area (Å²) in [5.74, 6) is -11.3. The van der Waals surface area contributed by atoms with Crippen LogP contribution in [0.5, 0.6) is 0 Å². The molecule has 2 aromatic rings. The van der Waals surface area contributed by atoms with Gasteiger partial charge >= 0.3 is 12.1 Å². The quantitative estimate of drug-likeness (QED) is 0.0178. The molecule has 82 heavy (non-hydrogen) atoms. The zero-order chi connectivity index (χ0) is 61.8. The first-order chi connectivity index (χ1) is 38.6. The van der Waals surface area contributed by atoms with E-state index < -0.39 is 152 Å². The topological polar surface area (TPSA) is 480 Å². The van der Waals surface area contributed by atoms with Gasteiger partial charge in [0.1, 0.15) is 54.9 Å². The average molecular weight is 1160 g/mol. The average Bonchev–Trinajstić information content (AvgIpc) is 3.45. The Morgan fingerprint density at radius 1 is 0.561 bits per heavy atom. The van der Waals surface area contributed by atoms with Gasteiger partial charge in [0.05, 0.1) is 38.0 Å². The number of guanidine groups is 1. The lowest BCUT2D eigenvalue weighted by Gasteiger charge is -2.31.